The van der Waals surface area contributed by atoms with Crippen molar-refractivity contribution in [3.05, 3.63) is 17.9 Å². The minimum absolute atomic E-state index is 0.299. The molecule has 1 saturated heterocycles. The van der Waals surface area contributed by atoms with Gasteiger partial charge in [-0.05, 0) is 12.1 Å². The van der Waals surface area contributed by atoms with Crippen molar-refractivity contribution in [2.75, 3.05) is 32.7 Å². The van der Waals surface area contributed by atoms with Crippen molar-refractivity contribution in [1.82, 2.24) is 9.21 Å². The molecule has 1 aromatic heterocycles. The zero-order chi connectivity index (χ0) is 14.8. The molecule has 0 aromatic carbocycles. The predicted molar refractivity (Wildman–Crippen MR) is 69.7 cm³/mol. The van der Waals surface area contributed by atoms with E-state index in [1.807, 2.05) is 4.90 Å². The van der Waals surface area contributed by atoms with Crippen molar-refractivity contribution in [3.8, 4) is 12.3 Å². The second-order valence-corrected chi connectivity index (χ2v) is 6.18. The van der Waals surface area contributed by atoms with Gasteiger partial charge < -0.3 is 9.52 Å². The zero-order valence-electron chi connectivity index (χ0n) is 10.7. The second kappa shape index (κ2) is 5.66. The molecule has 20 heavy (non-hydrogen) atoms. The maximum atomic E-state index is 12.3. The summed E-state index contributed by atoms with van der Waals surface area (Å²) in [4.78, 5) is 12.7. The number of rotatable bonds is 4. The number of hydrogen-bond acceptors (Lipinski definition) is 5. The summed E-state index contributed by atoms with van der Waals surface area (Å²) in [5.41, 5.74) is 0. The van der Waals surface area contributed by atoms with Gasteiger partial charge in [0.05, 0.1) is 6.54 Å². The maximum Gasteiger partial charge on any atom is 0.371 e. The molecule has 0 saturated carbocycles. The summed E-state index contributed by atoms with van der Waals surface area (Å²) in [6, 6.07) is 2.29. The van der Waals surface area contributed by atoms with Crippen molar-refractivity contribution in [2.24, 2.45) is 0 Å². The summed E-state index contributed by atoms with van der Waals surface area (Å²) in [7, 11) is -3.79. The highest BCUT2D eigenvalue weighted by molar-refractivity contribution is 7.89. The van der Waals surface area contributed by atoms with Crippen LogP contribution >= 0.6 is 0 Å². The molecule has 0 spiro atoms. The van der Waals surface area contributed by atoms with Gasteiger partial charge in [0.25, 0.3) is 10.0 Å². The lowest BCUT2D eigenvalue weighted by molar-refractivity contribution is 0.0656. The third kappa shape index (κ3) is 2.85. The second-order valence-electron chi connectivity index (χ2n) is 4.31. The van der Waals surface area contributed by atoms with Gasteiger partial charge in [0.15, 0.2) is 0 Å². The molecule has 1 aromatic rings. The molecule has 2 heterocycles. The number of sulfonamides is 1. The lowest BCUT2D eigenvalue weighted by atomic mass is 10.4. The van der Waals surface area contributed by atoms with E-state index in [2.05, 4.69) is 5.92 Å². The van der Waals surface area contributed by atoms with Crippen molar-refractivity contribution in [1.29, 1.82) is 0 Å². The number of terminal acetylenes is 1. The van der Waals surface area contributed by atoms with Crippen LogP contribution in [0.4, 0.5) is 0 Å². The Bertz CT molecular complexity index is 635. The fourth-order valence-electron chi connectivity index (χ4n) is 1.96. The topological polar surface area (TPSA) is 91.1 Å². The molecule has 0 amide bonds. The smallest absolute Gasteiger partial charge is 0.371 e. The van der Waals surface area contributed by atoms with E-state index in [-0.39, 0.29) is 5.09 Å². The van der Waals surface area contributed by atoms with E-state index in [9.17, 15) is 13.2 Å². The fourth-order valence-corrected chi connectivity index (χ4v) is 3.29. The first kappa shape index (κ1) is 14.6. The number of carbonyl (C=O) groups is 1. The van der Waals surface area contributed by atoms with Crippen LogP contribution < -0.4 is 0 Å². The standard InChI is InChI=1S/C12H14N2O5S/c1-2-5-13-6-8-14(9-7-13)20(17,18)11-4-3-10(19-11)12(15)16/h1,3-4H,5-9H2,(H,15,16). The van der Waals surface area contributed by atoms with Gasteiger partial charge >= 0.3 is 5.97 Å². The number of nitrogens with zero attached hydrogens (tertiary/aromatic N) is 2. The summed E-state index contributed by atoms with van der Waals surface area (Å²) in [5.74, 6) is 0.818. The van der Waals surface area contributed by atoms with Gasteiger partial charge in [-0.2, -0.15) is 4.31 Å². The summed E-state index contributed by atoms with van der Waals surface area (Å²) in [5, 5.41) is 8.39. The highest BCUT2D eigenvalue weighted by Gasteiger charge is 2.31. The Hall–Kier alpha value is -1.82. The van der Waals surface area contributed by atoms with Crippen LogP contribution in [0.5, 0.6) is 0 Å². The van der Waals surface area contributed by atoms with E-state index in [0.717, 1.165) is 12.1 Å². The van der Waals surface area contributed by atoms with Crippen molar-refractivity contribution >= 4 is 16.0 Å². The SMILES string of the molecule is C#CCN1CCN(S(=O)(=O)c2ccc(C(=O)O)o2)CC1. The Morgan fingerprint density at radius 1 is 1.35 bits per heavy atom. The molecular weight excluding hydrogens is 284 g/mol. The number of carboxylic acid groups (broad SMARTS) is 1. The van der Waals surface area contributed by atoms with Crippen LogP contribution in [-0.4, -0.2) is 61.4 Å². The van der Waals surface area contributed by atoms with Gasteiger partial charge in [0, 0.05) is 26.2 Å². The average molecular weight is 298 g/mol. The first-order chi connectivity index (χ1) is 9.45. The number of piperazine rings is 1. The van der Waals surface area contributed by atoms with E-state index >= 15 is 0 Å². The molecule has 2 rings (SSSR count). The first-order valence-electron chi connectivity index (χ1n) is 5.94. The van der Waals surface area contributed by atoms with E-state index in [4.69, 9.17) is 15.9 Å². The van der Waals surface area contributed by atoms with Crippen LogP contribution in [0, 0.1) is 12.3 Å². The molecule has 1 aliphatic heterocycles. The Balaban J connectivity index is 2.11. The van der Waals surface area contributed by atoms with Gasteiger partial charge in [-0.1, -0.05) is 5.92 Å². The summed E-state index contributed by atoms with van der Waals surface area (Å²) in [6.07, 6.45) is 5.21. The van der Waals surface area contributed by atoms with Gasteiger partial charge in [0.1, 0.15) is 0 Å². The Labute approximate surface area is 116 Å². The van der Waals surface area contributed by atoms with Crippen molar-refractivity contribution in [2.45, 2.75) is 5.09 Å². The molecular formula is C12H14N2O5S. The third-order valence-electron chi connectivity index (χ3n) is 3.03. The van der Waals surface area contributed by atoms with Crippen LogP contribution in [-0.2, 0) is 10.0 Å². The van der Waals surface area contributed by atoms with Crippen LogP contribution in [0.3, 0.4) is 0 Å². The predicted octanol–water partition coefficient (Wildman–Crippen LogP) is -0.0827. The van der Waals surface area contributed by atoms with Gasteiger partial charge in [-0.25, -0.2) is 13.2 Å². The van der Waals surface area contributed by atoms with Gasteiger partial charge in [0.2, 0.25) is 10.9 Å². The number of carboxylic acids is 1. The van der Waals surface area contributed by atoms with Crippen molar-refractivity contribution in [3.63, 3.8) is 0 Å². The van der Waals surface area contributed by atoms with Crippen LogP contribution in [0.2, 0.25) is 0 Å². The summed E-state index contributed by atoms with van der Waals surface area (Å²) >= 11 is 0. The normalized spacial score (nSPS) is 17.8. The molecule has 8 heteroatoms. The quantitative estimate of drug-likeness (QED) is 0.782. The Kier molecular flexibility index (Phi) is 4.13. The van der Waals surface area contributed by atoms with Crippen molar-refractivity contribution < 1.29 is 22.7 Å². The fraction of sp³-hybridized carbons (Fsp3) is 0.417. The van der Waals surface area contributed by atoms with Crippen LogP contribution in [0.15, 0.2) is 21.6 Å². The number of furan rings is 1. The molecule has 0 atom stereocenters. The monoisotopic (exact) mass is 298 g/mol. The number of hydrogen-bond donors (Lipinski definition) is 1. The van der Waals surface area contributed by atoms with E-state index in [1.165, 1.54) is 4.31 Å². The third-order valence-corrected chi connectivity index (χ3v) is 4.81. The lowest BCUT2D eigenvalue weighted by Gasteiger charge is -2.32. The maximum absolute atomic E-state index is 12.3. The molecule has 0 unspecified atom stereocenters. The average Bonchev–Trinajstić information content (AvgIpc) is 2.90. The minimum atomic E-state index is -3.79. The highest BCUT2D eigenvalue weighted by atomic mass is 32.2. The molecule has 1 N–H and O–H groups in total. The van der Waals surface area contributed by atoms with Crippen LogP contribution in [0.25, 0.3) is 0 Å². The summed E-state index contributed by atoms with van der Waals surface area (Å²) in [6.45, 7) is 2.16. The molecule has 0 aliphatic carbocycles. The summed E-state index contributed by atoms with van der Waals surface area (Å²) < 4.78 is 30.7. The molecule has 7 nitrogen and oxygen atoms in total. The molecule has 1 aliphatic rings. The van der Waals surface area contributed by atoms with E-state index in [1.54, 1.807) is 0 Å². The number of aromatic carboxylic acids is 1. The molecule has 108 valence electrons. The van der Waals surface area contributed by atoms with E-state index < -0.39 is 21.8 Å². The Morgan fingerprint density at radius 2 is 2.00 bits per heavy atom. The Morgan fingerprint density at radius 3 is 2.50 bits per heavy atom. The van der Waals surface area contributed by atoms with Gasteiger partial charge in [-0.3, -0.25) is 4.90 Å². The zero-order valence-corrected chi connectivity index (χ0v) is 11.5. The molecule has 1 fully saturated rings. The van der Waals surface area contributed by atoms with E-state index in [0.29, 0.717) is 32.7 Å². The largest absolute Gasteiger partial charge is 0.475 e. The van der Waals surface area contributed by atoms with Crippen LogP contribution in [0.1, 0.15) is 10.6 Å². The lowest BCUT2D eigenvalue weighted by Crippen LogP contribution is -2.48. The molecule has 0 radical (unpaired) electrons. The molecule has 0 bridgehead atoms. The highest BCUT2D eigenvalue weighted by Crippen LogP contribution is 2.20. The van der Waals surface area contributed by atoms with Gasteiger partial charge in [-0.15, -0.1) is 6.42 Å². The first-order valence-corrected chi connectivity index (χ1v) is 7.38. The minimum Gasteiger partial charge on any atom is -0.475 e.